The summed E-state index contributed by atoms with van der Waals surface area (Å²) in [6, 6.07) is 10.9. The SMILES string of the molecule is CN(Cc1ccccc1)C(CCCCl)CC(O)C1CC1. The van der Waals surface area contributed by atoms with Crippen molar-refractivity contribution in [1.82, 2.24) is 4.90 Å². The van der Waals surface area contributed by atoms with Gasteiger partial charge in [-0.3, -0.25) is 4.90 Å². The van der Waals surface area contributed by atoms with Gasteiger partial charge >= 0.3 is 0 Å². The van der Waals surface area contributed by atoms with E-state index in [-0.39, 0.29) is 6.10 Å². The molecular weight excluding hydrogens is 270 g/mol. The summed E-state index contributed by atoms with van der Waals surface area (Å²) in [6.07, 6.45) is 5.23. The molecule has 0 bridgehead atoms. The van der Waals surface area contributed by atoms with Gasteiger partial charge in [0.05, 0.1) is 6.10 Å². The first-order valence-electron chi connectivity index (χ1n) is 7.69. The smallest absolute Gasteiger partial charge is 0.0583 e. The summed E-state index contributed by atoms with van der Waals surface area (Å²) in [5.41, 5.74) is 1.33. The first-order chi connectivity index (χ1) is 9.70. The molecule has 112 valence electrons. The Hall–Kier alpha value is -0.570. The molecule has 0 spiro atoms. The number of benzene rings is 1. The van der Waals surface area contributed by atoms with Gasteiger partial charge in [-0.15, -0.1) is 11.6 Å². The van der Waals surface area contributed by atoms with Crippen molar-refractivity contribution in [3.63, 3.8) is 0 Å². The molecule has 1 aliphatic carbocycles. The molecule has 2 rings (SSSR count). The van der Waals surface area contributed by atoms with Crippen LogP contribution in [0, 0.1) is 5.92 Å². The first kappa shape index (κ1) is 15.8. The van der Waals surface area contributed by atoms with Gasteiger partial charge < -0.3 is 5.11 Å². The molecule has 2 unspecified atom stereocenters. The zero-order valence-electron chi connectivity index (χ0n) is 12.3. The van der Waals surface area contributed by atoms with Gasteiger partial charge in [0.2, 0.25) is 0 Å². The van der Waals surface area contributed by atoms with E-state index in [9.17, 15) is 5.11 Å². The van der Waals surface area contributed by atoms with Crippen molar-refractivity contribution < 1.29 is 5.11 Å². The van der Waals surface area contributed by atoms with Gasteiger partial charge in [0.1, 0.15) is 0 Å². The number of hydrogen-bond acceptors (Lipinski definition) is 2. The van der Waals surface area contributed by atoms with Crippen LogP contribution in [0.1, 0.15) is 37.7 Å². The molecule has 2 atom stereocenters. The highest BCUT2D eigenvalue weighted by Crippen LogP contribution is 2.35. The molecule has 0 aromatic heterocycles. The van der Waals surface area contributed by atoms with Crippen LogP contribution < -0.4 is 0 Å². The van der Waals surface area contributed by atoms with E-state index in [1.807, 2.05) is 6.07 Å². The van der Waals surface area contributed by atoms with Crippen molar-refractivity contribution in [1.29, 1.82) is 0 Å². The third-order valence-electron chi connectivity index (χ3n) is 4.25. The zero-order valence-corrected chi connectivity index (χ0v) is 13.1. The number of aliphatic hydroxyl groups excluding tert-OH is 1. The van der Waals surface area contributed by atoms with Crippen molar-refractivity contribution in [3.05, 3.63) is 35.9 Å². The maximum Gasteiger partial charge on any atom is 0.0583 e. The normalized spacial score (nSPS) is 18.2. The topological polar surface area (TPSA) is 23.5 Å². The fourth-order valence-corrected chi connectivity index (χ4v) is 2.94. The maximum atomic E-state index is 10.2. The van der Waals surface area contributed by atoms with Gasteiger partial charge in [-0.2, -0.15) is 0 Å². The Morgan fingerprint density at radius 2 is 2.00 bits per heavy atom. The number of alkyl halides is 1. The van der Waals surface area contributed by atoms with Crippen LogP contribution in [0.3, 0.4) is 0 Å². The molecule has 0 saturated heterocycles. The van der Waals surface area contributed by atoms with Gasteiger partial charge in [0, 0.05) is 18.5 Å². The summed E-state index contributed by atoms with van der Waals surface area (Å²) >= 11 is 5.84. The molecule has 1 N–H and O–H groups in total. The van der Waals surface area contributed by atoms with Gasteiger partial charge in [-0.05, 0) is 50.6 Å². The summed E-state index contributed by atoms with van der Waals surface area (Å²) in [4.78, 5) is 2.37. The molecule has 0 aliphatic heterocycles. The van der Waals surface area contributed by atoms with Crippen LogP contribution in [0.15, 0.2) is 30.3 Å². The monoisotopic (exact) mass is 295 g/mol. The predicted molar refractivity (Wildman–Crippen MR) is 85.0 cm³/mol. The Labute approximate surface area is 127 Å². The molecular formula is C17H26ClNO. The minimum Gasteiger partial charge on any atom is -0.393 e. The summed E-state index contributed by atoms with van der Waals surface area (Å²) in [7, 11) is 2.16. The summed E-state index contributed by atoms with van der Waals surface area (Å²) in [6.45, 7) is 0.936. The van der Waals surface area contributed by atoms with E-state index in [1.54, 1.807) is 0 Å². The molecule has 1 fully saturated rings. The van der Waals surface area contributed by atoms with Gasteiger partial charge in [0.15, 0.2) is 0 Å². The molecule has 1 aliphatic rings. The largest absolute Gasteiger partial charge is 0.393 e. The van der Waals surface area contributed by atoms with Gasteiger partial charge in [-0.1, -0.05) is 30.3 Å². The number of hydrogen-bond donors (Lipinski definition) is 1. The second kappa shape index (κ2) is 8.02. The first-order valence-corrected chi connectivity index (χ1v) is 8.22. The van der Waals surface area contributed by atoms with Crippen LogP contribution in [-0.4, -0.2) is 35.1 Å². The van der Waals surface area contributed by atoms with Crippen LogP contribution >= 0.6 is 11.6 Å². The number of aliphatic hydroxyl groups is 1. The average molecular weight is 296 g/mol. The van der Waals surface area contributed by atoms with Gasteiger partial charge in [0.25, 0.3) is 0 Å². The van der Waals surface area contributed by atoms with Crippen LogP contribution in [0.2, 0.25) is 0 Å². The molecule has 20 heavy (non-hydrogen) atoms. The van der Waals surface area contributed by atoms with E-state index in [2.05, 4.69) is 36.2 Å². The minimum atomic E-state index is -0.131. The fraction of sp³-hybridized carbons (Fsp3) is 0.647. The standard InChI is InChI=1S/C17H26ClNO/c1-19(13-14-6-3-2-4-7-14)16(8-5-11-18)12-17(20)15-9-10-15/h2-4,6-7,15-17,20H,5,8-13H2,1H3. The van der Waals surface area contributed by atoms with Crippen LogP contribution in [0.5, 0.6) is 0 Å². The third kappa shape index (κ3) is 5.08. The van der Waals surface area contributed by atoms with E-state index >= 15 is 0 Å². The lowest BCUT2D eigenvalue weighted by Crippen LogP contribution is -2.35. The van der Waals surface area contributed by atoms with Crippen LogP contribution in [0.4, 0.5) is 0 Å². The minimum absolute atomic E-state index is 0.131. The lowest BCUT2D eigenvalue weighted by atomic mass is 10.00. The molecule has 1 saturated carbocycles. The van der Waals surface area contributed by atoms with Crippen molar-refractivity contribution in [3.8, 4) is 0 Å². The summed E-state index contributed by atoms with van der Waals surface area (Å²) < 4.78 is 0. The average Bonchev–Trinajstić information content (AvgIpc) is 3.28. The molecule has 0 amide bonds. The number of rotatable bonds is 9. The third-order valence-corrected chi connectivity index (χ3v) is 4.52. The molecule has 0 heterocycles. The highest BCUT2D eigenvalue weighted by Gasteiger charge is 2.32. The van der Waals surface area contributed by atoms with E-state index in [0.717, 1.165) is 25.8 Å². The van der Waals surface area contributed by atoms with E-state index in [0.29, 0.717) is 17.8 Å². The molecule has 1 aromatic carbocycles. The molecule has 3 heteroatoms. The van der Waals surface area contributed by atoms with Crippen molar-refractivity contribution >= 4 is 11.6 Å². The van der Waals surface area contributed by atoms with Crippen LogP contribution in [-0.2, 0) is 6.54 Å². The van der Waals surface area contributed by atoms with Crippen molar-refractivity contribution in [2.24, 2.45) is 5.92 Å². The quantitative estimate of drug-likeness (QED) is 0.703. The predicted octanol–water partition coefficient (Wildman–Crippen LogP) is 3.67. The molecule has 2 nitrogen and oxygen atoms in total. The second-order valence-electron chi connectivity index (χ2n) is 6.03. The Bertz CT molecular complexity index is 380. The Morgan fingerprint density at radius 3 is 2.60 bits per heavy atom. The number of halogens is 1. The van der Waals surface area contributed by atoms with E-state index < -0.39 is 0 Å². The highest BCUT2D eigenvalue weighted by molar-refractivity contribution is 6.17. The van der Waals surface area contributed by atoms with E-state index in [1.165, 1.54) is 18.4 Å². The zero-order chi connectivity index (χ0) is 14.4. The lowest BCUT2D eigenvalue weighted by Gasteiger charge is -2.30. The van der Waals surface area contributed by atoms with Crippen LogP contribution in [0.25, 0.3) is 0 Å². The Balaban J connectivity index is 1.89. The van der Waals surface area contributed by atoms with Crippen molar-refractivity contribution in [2.75, 3.05) is 12.9 Å². The summed E-state index contributed by atoms with van der Waals surface area (Å²) in [5, 5.41) is 10.2. The fourth-order valence-electron chi connectivity index (χ4n) is 2.78. The number of nitrogens with zero attached hydrogens (tertiary/aromatic N) is 1. The lowest BCUT2D eigenvalue weighted by molar-refractivity contribution is 0.0907. The molecule has 1 aromatic rings. The maximum absolute atomic E-state index is 10.2. The summed E-state index contributed by atoms with van der Waals surface area (Å²) in [5.74, 6) is 1.26. The molecule has 0 radical (unpaired) electrons. The Kier molecular flexibility index (Phi) is 6.34. The Morgan fingerprint density at radius 1 is 1.30 bits per heavy atom. The highest BCUT2D eigenvalue weighted by atomic mass is 35.5. The second-order valence-corrected chi connectivity index (χ2v) is 6.40. The van der Waals surface area contributed by atoms with Crippen molar-refractivity contribution in [2.45, 2.75) is 50.8 Å². The van der Waals surface area contributed by atoms with E-state index in [4.69, 9.17) is 11.6 Å². The van der Waals surface area contributed by atoms with Gasteiger partial charge in [-0.25, -0.2) is 0 Å².